The number of anilines is 2. The van der Waals surface area contributed by atoms with E-state index in [4.69, 9.17) is 23.8 Å². The maximum Gasteiger partial charge on any atom is 0.175 e. The van der Waals surface area contributed by atoms with Crippen molar-refractivity contribution < 1.29 is 4.79 Å². The van der Waals surface area contributed by atoms with Crippen molar-refractivity contribution in [3.05, 3.63) is 59.1 Å². The zero-order chi connectivity index (χ0) is 14.5. The second-order valence-corrected chi connectivity index (χ2v) is 5.07. The van der Waals surface area contributed by atoms with Crippen LogP contribution in [-0.2, 0) is 0 Å². The molecule has 0 atom stereocenters. The molecule has 0 spiro atoms. The van der Waals surface area contributed by atoms with E-state index in [0.29, 0.717) is 15.7 Å². The normalized spacial score (nSPS) is 9.90. The van der Waals surface area contributed by atoms with Gasteiger partial charge in [0.2, 0.25) is 0 Å². The topological polar surface area (TPSA) is 41.1 Å². The van der Waals surface area contributed by atoms with Crippen molar-refractivity contribution in [1.82, 2.24) is 0 Å². The first-order chi connectivity index (χ1) is 9.54. The highest BCUT2D eigenvalue weighted by molar-refractivity contribution is 7.80. The maximum atomic E-state index is 11.3. The summed E-state index contributed by atoms with van der Waals surface area (Å²) in [6, 6.07) is 14.4. The van der Waals surface area contributed by atoms with E-state index >= 15 is 0 Å². The first-order valence-corrected chi connectivity index (χ1v) is 6.78. The van der Waals surface area contributed by atoms with Crippen molar-refractivity contribution in [3.63, 3.8) is 0 Å². The number of thiocarbonyl (C=S) groups is 1. The van der Waals surface area contributed by atoms with E-state index in [1.54, 1.807) is 30.3 Å². The van der Waals surface area contributed by atoms with Crippen molar-refractivity contribution in [2.24, 2.45) is 0 Å². The van der Waals surface area contributed by atoms with E-state index in [0.717, 1.165) is 11.4 Å². The van der Waals surface area contributed by atoms with Gasteiger partial charge in [-0.25, -0.2) is 0 Å². The maximum absolute atomic E-state index is 11.3. The Labute approximate surface area is 128 Å². The minimum atomic E-state index is 0.0161. The zero-order valence-corrected chi connectivity index (χ0v) is 12.4. The van der Waals surface area contributed by atoms with Crippen LogP contribution in [0.25, 0.3) is 0 Å². The van der Waals surface area contributed by atoms with Gasteiger partial charge in [-0.15, -0.1) is 0 Å². The summed E-state index contributed by atoms with van der Waals surface area (Å²) in [4.78, 5) is 11.3. The van der Waals surface area contributed by atoms with Crippen LogP contribution in [-0.4, -0.2) is 10.9 Å². The summed E-state index contributed by atoms with van der Waals surface area (Å²) < 4.78 is 0. The van der Waals surface area contributed by atoms with Gasteiger partial charge in [0.15, 0.2) is 10.9 Å². The van der Waals surface area contributed by atoms with Crippen LogP contribution in [0.5, 0.6) is 0 Å². The fraction of sp³-hybridized carbons (Fsp3) is 0.0667. The van der Waals surface area contributed by atoms with Crippen molar-refractivity contribution in [1.29, 1.82) is 0 Å². The quantitative estimate of drug-likeness (QED) is 0.653. The van der Waals surface area contributed by atoms with Crippen LogP contribution in [0.1, 0.15) is 17.3 Å². The number of rotatable bonds is 3. The second kappa shape index (κ2) is 6.50. The first kappa shape index (κ1) is 14.5. The Hall–Kier alpha value is -1.91. The molecule has 102 valence electrons. The summed E-state index contributed by atoms with van der Waals surface area (Å²) in [5, 5.41) is 7.13. The third kappa shape index (κ3) is 4.05. The number of Topliss-reactive ketones (excluding diaryl/α,β-unsaturated/α-hetero) is 1. The third-order valence-corrected chi connectivity index (χ3v) is 3.05. The van der Waals surface area contributed by atoms with Gasteiger partial charge in [0.1, 0.15) is 0 Å². The number of nitrogens with one attached hydrogen (secondary N) is 2. The Bertz CT molecular complexity index is 658. The second-order valence-electron chi connectivity index (χ2n) is 4.23. The van der Waals surface area contributed by atoms with Gasteiger partial charge in [-0.1, -0.05) is 29.8 Å². The van der Waals surface area contributed by atoms with E-state index in [-0.39, 0.29) is 5.78 Å². The summed E-state index contributed by atoms with van der Waals surface area (Å²) in [6.45, 7) is 1.53. The molecule has 0 aliphatic heterocycles. The SMILES string of the molecule is CC(=O)c1cccc(NC(=S)Nc2cccc(Cl)c2)c1. The van der Waals surface area contributed by atoms with Gasteiger partial charge in [-0.2, -0.15) is 0 Å². The predicted molar refractivity (Wildman–Crippen MR) is 87.7 cm³/mol. The highest BCUT2D eigenvalue weighted by Gasteiger charge is 2.03. The molecule has 0 saturated carbocycles. The number of halogens is 1. The van der Waals surface area contributed by atoms with E-state index in [1.165, 1.54) is 6.92 Å². The molecule has 3 nitrogen and oxygen atoms in total. The minimum Gasteiger partial charge on any atom is -0.332 e. The van der Waals surface area contributed by atoms with Gasteiger partial charge >= 0.3 is 0 Å². The van der Waals surface area contributed by atoms with Crippen LogP contribution in [0.4, 0.5) is 11.4 Å². The van der Waals surface area contributed by atoms with Gasteiger partial charge in [-0.05, 0) is 49.5 Å². The average molecular weight is 305 g/mol. The Morgan fingerprint density at radius 1 is 1.05 bits per heavy atom. The molecule has 2 N–H and O–H groups in total. The summed E-state index contributed by atoms with van der Waals surface area (Å²) >= 11 is 11.1. The largest absolute Gasteiger partial charge is 0.332 e. The monoisotopic (exact) mass is 304 g/mol. The molecular weight excluding hydrogens is 292 g/mol. The molecule has 0 aliphatic rings. The lowest BCUT2D eigenvalue weighted by Crippen LogP contribution is -2.19. The van der Waals surface area contributed by atoms with Crippen LogP contribution in [0, 0.1) is 0 Å². The van der Waals surface area contributed by atoms with Crippen molar-refractivity contribution in [2.45, 2.75) is 6.92 Å². The van der Waals surface area contributed by atoms with E-state index in [9.17, 15) is 4.79 Å². The molecule has 2 rings (SSSR count). The van der Waals surface area contributed by atoms with Crippen LogP contribution < -0.4 is 10.6 Å². The van der Waals surface area contributed by atoms with Gasteiger partial charge in [0, 0.05) is 22.0 Å². The molecule has 0 bridgehead atoms. The lowest BCUT2D eigenvalue weighted by Gasteiger charge is -2.11. The molecule has 2 aromatic rings. The van der Waals surface area contributed by atoms with Gasteiger partial charge < -0.3 is 10.6 Å². The lowest BCUT2D eigenvalue weighted by molar-refractivity contribution is 0.101. The summed E-state index contributed by atoms with van der Waals surface area (Å²) in [6.07, 6.45) is 0. The molecule has 0 radical (unpaired) electrons. The number of carbonyl (C=O) groups is 1. The molecule has 0 unspecified atom stereocenters. The number of hydrogen-bond donors (Lipinski definition) is 2. The summed E-state index contributed by atoms with van der Waals surface area (Å²) in [7, 11) is 0. The summed E-state index contributed by atoms with van der Waals surface area (Å²) in [5.41, 5.74) is 2.20. The van der Waals surface area contributed by atoms with E-state index in [1.807, 2.05) is 18.2 Å². The Morgan fingerprint density at radius 2 is 1.65 bits per heavy atom. The van der Waals surface area contributed by atoms with Gasteiger partial charge in [-0.3, -0.25) is 4.79 Å². The van der Waals surface area contributed by atoms with Crippen molar-refractivity contribution in [3.8, 4) is 0 Å². The Morgan fingerprint density at radius 3 is 2.25 bits per heavy atom. The highest BCUT2D eigenvalue weighted by Crippen LogP contribution is 2.16. The van der Waals surface area contributed by atoms with E-state index in [2.05, 4.69) is 10.6 Å². The molecular formula is C15H13ClN2OS. The summed E-state index contributed by atoms with van der Waals surface area (Å²) in [5.74, 6) is 0.0161. The van der Waals surface area contributed by atoms with Crippen molar-refractivity contribution >= 4 is 46.1 Å². The highest BCUT2D eigenvalue weighted by atomic mass is 35.5. The lowest BCUT2D eigenvalue weighted by atomic mass is 10.1. The predicted octanol–water partition coefficient (Wildman–Crippen LogP) is 4.35. The van der Waals surface area contributed by atoms with Gasteiger partial charge in [0.05, 0.1) is 0 Å². The van der Waals surface area contributed by atoms with Crippen molar-refractivity contribution in [2.75, 3.05) is 10.6 Å². The fourth-order valence-electron chi connectivity index (χ4n) is 1.68. The van der Waals surface area contributed by atoms with Crippen LogP contribution in [0.15, 0.2) is 48.5 Å². The molecule has 2 aromatic carbocycles. The van der Waals surface area contributed by atoms with E-state index < -0.39 is 0 Å². The minimum absolute atomic E-state index is 0.0161. The molecule has 0 amide bonds. The molecule has 0 heterocycles. The molecule has 0 aliphatic carbocycles. The van der Waals surface area contributed by atoms with Crippen LogP contribution in [0.2, 0.25) is 5.02 Å². The van der Waals surface area contributed by atoms with Crippen LogP contribution >= 0.6 is 23.8 Å². The zero-order valence-electron chi connectivity index (χ0n) is 10.8. The first-order valence-electron chi connectivity index (χ1n) is 5.99. The smallest absolute Gasteiger partial charge is 0.175 e. The molecule has 5 heteroatoms. The molecule has 0 fully saturated rings. The van der Waals surface area contributed by atoms with Crippen LogP contribution in [0.3, 0.4) is 0 Å². The number of carbonyl (C=O) groups excluding carboxylic acids is 1. The Balaban J connectivity index is 2.04. The Kier molecular flexibility index (Phi) is 4.71. The fourth-order valence-corrected chi connectivity index (χ4v) is 2.10. The third-order valence-electron chi connectivity index (χ3n) is 2.61. The van der Waals surface area contributed by atoms with Gasteiger partial charge in [0.25, 0.3) is 0 Å². The molecule has 20 heavy (non-hydrogen) atoms. The average Bonchev–Trinajstić information content (AvgIpc) is 2.38. The molecule has 0 aromatic heterocycles. The number of benzene rings is 2. The number of hydrogen-bond acceptors (Lipinski definition) is 2. The molecule has 0 saturated heterocycles. The standard InChI is InChI=1S/C15H13ClN2OS/c1-10(19)11-4-2-6-13(8-11)17-15(20)18-14-7-3-5-12(16)9-14/h2-9H,1H3,(H2,17,18,20). The number of ketones is 1.